The Balaban J connectivity index is 1.54. The van der Waals surface area contributed by atoms with Crippen molar-refractivity contribution in [3.63, 3.8) is 0 Å². The first-order chi connectivity index (χ1) is 16.2. The van der Waals surface area contributed by atoms with Crippen LogP contribution in [0.15, 0.2) is 0 Å². The fraction of sp³-hybridized carbons (Fsp3) is 0.971. The Kier molecular flexibility index (Phi) is 6.07. The zero-order valence-corrected chi connectivity index (χ0v) is 25.1. The predicted molar refractivity (Wildman–Crippen MR) is 148 cm³/mol. The van der Waals surface area contributed by atoms with Crippen LogP contribution in [0.5, 0.6) is 0 Å². The molecule has 5 rings (SSSR count). The van der Waals surface area contributed by atoms with Crippen molar-refractivity contribution < 1.29 is 4.79 Å². The first kappa shape index (κ1) is 26.3. The number of carbonyl (C=O) groups is 1. The molecule has 1 heteroatoms. The summed E-state index contributed by atoms with van der Waals surface area (Å²) in [6.07, 6.45) is 13.5. The van der Waals surface area contributed by atoms with E-state index in [-0.39, 0.29) is 5.41 Å². The molecule has 10 atom stereocenters. The van der Waals surface area contributed by atoms with E-state index in [1.807, 2.05) is 6.92 Å². The third kappa shape index (κ3) is 3.20. The van der Waals surface area contributed by atoms with Gasteiger partial charge in [-0.15, -0.1) is 0 Å². The van der Waals surface area contributed by atoms with Gasteiger partial charge in [0.1, 0.15) is 5.78 Å². The number of hydrogen-bond donors (Lipinski definition) is 0. The van der Waals surface area contributed by atoms with Gasteiger partial charge in [0, 0.05) is 5.41 Å². The lowest BCUT2D eigenvalue weighted by Gasteiger charge is -2.73. The van der Waals surface area contributed by atoms with Gasteiger partial charge in [0.2, 0.25) is 0 Å². The quantitative estimate of drug-likeness (QED) is 0.391. The number of hydrogen-bond acceptors (Lipinski definition) is 1. The molecule has 0 aromatic rings. The molecule has 0 spiro atoms. The highest BCUT2D eigenvalue weighted by Gasteiger charge is 2.71. The molecule has 5 saturated carbocycles. The first-order valence-electron chi connectivity index (χ1n) is 15.7. The van der Waals surface area contributed by atoms with Gasteiger partial charge in [-0.05, 0) is 140 Å². The number of ketones is 1. The lowest BCUT2D eigenvalue weighted by Crippen LogP contribution is -2.66. The summed E-state index contributed by atoms with van der Waals surface area (Å²) in [5, 5.41) is 0. The minimum absolute atomic E-state index is 0.000724. The van der Waals surface area contributed by atoms with E-state index in [0.29, 0.717) is 39.3 Å². The van der Waals surface area contributed by atoms with Gasteiger partial charge in [-0.2, -0.15) is 0 Å². The van der Waals surface area contributed by atoms with E-state index in [1.54, 1.807) is 0 Å². The number of fused-ring (bicyclic) bond motifs is 7. The van der Waals surface area contributed by atoms with Crippen LogP contribution in [0, 0.1) is 74.4 Å². The van der Waals surface area contributed by atoms with Gasteiger partial charge in [-0.1, -0.05) is 62.3 Å². The van der Waals surface area contributed by atoms with Gasteiger partial charge in [0.15, 0.2) is 0 Å². The molecule has 0 aliphatic heterocycles. The van der Waals surface area contributed by atoms with Gasteiger partial charge in [-0.3, -0.25) is 4.79 Å². The molecule has 0 N–H and O–H groups in total. The predicted octanol–water partition coefficient (Wildman–Crippen LogP) is 9.59. The highest BCUT2D eigenvalue weighted by Crippen LogP contribution is 2.78. The second-order valence-corrected chi connectivity index (χ2v) is 16.6. The molecule has 5 aliphatic rings. The summed E-state index contributed by atoms with van der Waals surface area (Å²) in [5.74, 6) is 6.74. The van der Waals surface area contributed by atoms with Crippen molar-refractivity contribution in [3.8, 4) is 0 Å². The maximum atomic E-state index is 13.3. The molecule has 5 aliphatic carbocycles. The van der Waals surface area contributed by atoms with Crippen molar-refractivity contribution in [3.05, 3.63) is 0 Å². The van der Waals surface area contributed by atoms with Gasteiger partial charge in [-0.25, -0.2) is 0 Å². The van der Waals surface area contributed by atoms with Crippen LogP contribution in [0.1, 0.15) is 133 Å². The molecule has 200 valence electrons. The third-order valence-electron chi connectivity index (χ3n) is 15.0. The molecule has 0 aromatic heterocycles. The van der Waals surface area contributed by atoms with Crippen molar-refractivity contribution in [1.82, 2.24) is 0 Å². The maximum absolute atomic E-state index is 13.3. The van der Waals surface area contributed by atoms with Crippen molar-refractivity contribution in [2.75, 3.05) is 0 Å². The fourth-order valence-electron chi connectivity index (χ4n) is 13.2. The Bertz CT molecular complexity index is 853. The average Bonchev–Trinajstić information content (AvgIpc) is 3.15. The zero-order valence-electron chi connectivity index (χ0n) is 25.1. The highest BCUT2D eigenvalue weighted by molar-refractivity contribution is 5.83. The third-order valence-corrected chi connectivity index (χ3v) is 15.0. The largest absolute Gasteiger partial charge is 0.299 e. The Morgan fingerprint density at radius 2 is 1.37 bits per heavy atom. The van der Waals surface area contributed by atoms with E-state index in [2.05, 4.69) is 62.3 Å². The minimum Gasteiger partial charge on any atom is -0.299 e. The van der Waals surface area contributed by atoms with Gasteiger partial charge >= 0.3 is 0 Å². The van der Waals surface area contributed by atoms with Crippen LogP contribution >= 0.6 is 0 Å². The number of rotatable bonds is 3. The molecule has 0 bridgehead atoms. The first-order valence-corrected chi connectivity index (χ1v) is 15.7. The van der Waals surface area contributed by atoms with E-state index in [4.69, 9.17) is 0 Å². The van der Waals surface area contributed by atoms with Crippen LogP contribution in [-0.4, -0.2) is 5.78 Å². The topological polar surface area (TPSA) is 17.1 Å². The molecule has 0 radical (unpaired) electrons. The summed E-state index contributed by atoms with van der Waals surface area (Å²) >= 11 is 0. The van der Waals surface area contributed by atoms with Crippen LogP contribution in [0.25, 0.3) is 0 Å². The minimum atomic E-state index is 0.000724. The summed E-state index contributed by atoms with van der Waals surface area (Å²) in [6.45, 7) is 25.3. The second kappa shape index (κ2) is 8.09. The summed E-state index contributed by atoms with van der Waals surface area (Å²) in [4.78, 5) is 13.3. The Morgan fingerprint density at radius 3 is 1.97 bits per heavy atom. The number of carbonyl (C=O) groups excluding carboxylic acids is 1. The van der Waals surface area contributed by atoms with Gasteiger partial charge in [0.25, 0.3) is 0 Å². The number of Topliss-reactive ketones (excluding diaryl/α,β-unsaturated/α-hetero) is 1. The molecule has 1 nitrogen and oxygen atoms in total. The SMILES string of the molecule is CC(=O)[C@]12CC[C@@H](C(C)C)[C@@H]1[C@H]1CC[C@@H]3[C@@]4(C)CCC(C(C)C)C(C)(C)[C@@H]4CC[C@@]3(C)[C@]1(C)CC2. The van der Waals surface area contributed by atoms with Crippen molar-refractivity contribution >= 4 is 5.78 Å². The van der Waals surface area contributed by atoms with E-state index in [1.165, 1.54) is 64.2 Å². The smallest absolute Gasteiger partial charge is 0.136 e. The van der Waals surface area contributed by atoms with Crippen LogP contribution in [0.3, 0.4) is 0 Å². The lowest BCUT2D eigenvalue weighted by atomic mass is 9.31. The van der Waals surface area contributed by atoms with Crippen LogP contribution < -0.4 is 0 Å². The highest BCUT2D eigenvalue weighted by atomic mass is 16.1. The van der Waals surface area contributed by atoms with E-state index in [9.17, 15) is 4.79 Å². The lowest BCUT2D eigenvalue weighted by molar-refractivity contribution is -0.244. The molecular formula is C34H58O. The fourth-order valence-corrected chi connectivity index (χ4v) is 13.2. The van der Waals surface area contributed by atoms with Crippen LogP contribution in [0.4, 0.5) is 0 Å². The zero-order chi connectivity index (χ0) is 25.8. The van der Waals surface area contributed by atoms with Crippen molar-refractivity contribution in [2.24, 2.45) is 74.4 Å². The maximum Gasteiger partial charge on any atom is 0.136 e. The monoisotopic (exact) mass is 482 g/mol. The average molecular weight is 483 g/mol. The molecule has 0 amide bonds. The Labute approximate surface area is 218 Å². The van der Waals surface area contributed by atoms with E-state index >= 15 is 0 Å². The van der Waals surface area contributed by atoms with Crippen molar-refractivity contribution in [1.29, 1.82) is 0 Å². The molecule has 5 fully saturated rings. The molecule has 35 heavy (non-hydrogen) atoms. The Morgan fingerprint density at radius 1 is 0.686 bits per heavy atom. The molecule has 0 aromatic carbocycles. The summed E-state index contributed by atoms with van der Waals surface area (Å²) < 4.78 is 0. The second-order valence-electron chi connectivity index (χ2n) is 16.6. The van der Waals surface area contributed by atoms with E-state index < -0.39 is 0 Å². The van der Waals surface area contributed by atoms with Crippen molar-refractivity contribution in [2.45, 2.75) is 133 Å². The summed E-state index contributed by atoms with van der Waals surface area (Å²) in [7, 11) is 0. The summed E-state index contributed by atoms with van der Waals surface area (Å²) in [5.41, 5.74) is 1.75. The van der Waals surface area contributed by atoms with Crippen LogP contribution in [-0.2, 0) is 4.79 Å². The molecule has 0 saturated heterocycles. The molecular weight excluding hydrogens is 424 g/mol. The normalized spacial score (nSPS) is 53.0. The summed E-state index contributed by atoms with van der Waals surface area (Å²) in [6, 6.07) is 0. The standard InChI is InChI=1S/C34H58O/c1-21(2)24-13-18-34(23(5)35)20-19-32(9)26(29(24)34)11-12-28-31(8)16-14-25(22(3)4)30(6,7)27(31)15-17-33(28,32)10/h21-22,24-29H,11-20H2,1-10H3/t24-,25?,26+,27-,28+,29+,31-,32+,33+,34+/m0/s1. The van der Waals surface area contributed by atoms with Crippen LogP contribution in [0.2, 0.25) is 0 Å². The van der Waals surface area contributed by atoms with Gasteiger partial charge < -0.3 is 0 Å². The molecule has 0 heterocycles. The molecule has 1 unspecified atom stereocenters. The van der Waals surface area contributed by atoms with E-state index in [0.717, 1.165) is 35.5 Å². The van der Waals surface area contributed by atoms with Gasteiger partial charge in [0.05, 0.1) is 0 Å². The Hall–Kier alpha value is -0.330.